The number of nitrogens with zero attached hydrogens (tertiary/aromatic N) is 2. The van der Waals surface area contributed by atoms with Crippen LogP contribution < -0.4 is 4.73 Å². The maximum atomic E-state index is 12.4. The Labute approximate surface area is 135 Å². The van der Waals surface area contributed by atoms with E-state index >= 15 is 0 Å². The van der Waals surface area contributed by atoms with Gasteiger partial charge in [0.05, 0.1) is 4.88 Å². The molecular weight excluding hydrogens is 296 g/mol. The number of thiophene rings is 1. The van der Waals surface area contributed by atoms with Gasteiger partial charge in [0.25, 0.3) is 5.91 Å². The smallest absolute Gasteiger partial charge is 0.263 e. The van der Waals surface area contributed by atoms with Gasteiger partial charge in [-0.15, -0.1) is 11.3 Å². The number of rotatable bonds is 4. The normalized spacial score (nSPS) is 11.5. The van der Waals surface area contributed by atoms with E-state index in [4.69, 9.17) is 0 Å². The summed E-state index contributed by atoms with van der Waals surface area (Å²) in [6.07, 6.45) is 3.69. The van der Waals surface area contributed by atoms with Crippen molar-refractivity contribution in [3.05, 3.63) is 57.2 Å². The highest BCUT2D eigenvalue weighted by atomic mass is 32.1. The molecule has 0 unspecified atom stereocenters. The van der Waals surface area contributed by atoms with E-state index in [0.717, 1.165) is 21.6 Å². The van der Waals surface area contributed by atoms with Gasteiger partial charge in [-0.25, -0.2) is 0 Å². The second kappa shape index (κ2) is 6.48. The van der Waals surface area contributed by atoms with E-state index in [9.17, 15) is 10.0 Å². The average molecular weight is 318 g/mol. The van der Waals surface area contributed by atoms with Gasteiger partial charge in [-0.1, -0.05) is 20.8 Å². The second-order valence-electron chi connectivity index (χ2n) is 6.46. The van der Waals surface area contributed by atoms with Gasteiger partial charge in [-0.2, -0.15) is 4.73 Å². The first kappa shape index (κ1) is 16.5. The van der Waals surface area contributed by atoms with Crippen LogP contribution >= 0.6 is 11.3 Å². The van der Waals surface area contributed by atoms with Gasteiger partial charge in [-0.05, 0) is 29.5 Å². The third-order valence-electron chi connectivity index (χ3n) is 3.51. The van der Waals surface area contributed by atoms with Crippen molar-refractivity contribution < 1.29 is 9.52 Å². The summed E-state index contributed by atoms with van der Waals surface area (Å²) in [5, 5.41) is 11.0. The SMILES string of the molecule is CN(CCc1cc[n+]([O-])cc1)C(=O)c1ccc(C(C)(C)C)s1. The quantitative estimate of drug-likeness (QED) is 0.643. The summed E-state index contributed by atoms with van der Waals surface area (Å²) >= 11 is 1.56. The molecule has 0 aliphatic carbocycles. The second-order valence-corrected chi connectivity index (χ2v) is 7.54. The van der Waals surface area contributed by atoms with E-state index < -0.39 is 0 Å². The number of pyridine rings is 1. The molecule has 22 heavy (non-hydrogen) atoms. The standard InChI is InChI=1S/C17H22N2O2S/c1-17(2,3)15-6-5-14(22-15)16(20)18(4)10-7-13-8-11-19(21)12-9-13/h5-6,8-9,11-12H,7,10H2,1-4H3. The molecule has 0 atom stereocenters. The van der Waals surface area contributed by atoms with Crippen LogP contribution in [0.25, 0.3) is 0 Å². The monoisotopic (exact) mass is 318 g/mol. The van der Waals surface area contributed by atoms with Crippen LogP contribution in [0.4, 0.5) is 0 Å². The third-order valence-corrected chi connectivity index (χ3v) is 5.01. The molecule has 0 saturated carbocycles. The Morgan fingerprint density at radius 2 is 1.86 bits per heavy atom. The fourth-order valence-corrected chi connectivity index (χ4v) is 3.11. The first-order valence-corrected chi connectivity index (χ1v) is 8.12. The van der Waals surface area contributed by atoms with Crippen molar-refractivity contribution in [1.82, 2.24) is 4.90 Å². The summed E-state index contributed by atoms with van der Waals surface area (Å²) in [6.45, 7) is 7.07. The van der Waals surface area contributed by atoms with Crippen molar-refractivity contribution in [3.63, 3.8) is 0 Å². The van der Waals surface area contributed by atoms with Gasteiger partial charge in [0.15, 0.2) is 12.4 Å². The molecule has 2 aromatic heterocycles. The van der Waals surface area contributed by atoms with Crippen molar-refractivity contribution in [1.29, 1.82) is 0 Å². The number of hydrogen-bond donors (Lipinski definition) is 0. The number of likely N-dealkylation sites (N-methyl/N-ethyl adjacent to an activating group) is 1. The van der Waals surface area contributed by atoms with Gasteiger partial charge in [0.2, 0.25) is 0 Å². The summed E-state index contributed by atoms with van der Waals surface area (Å²) in [5.74, 6) is 0.0512. The predicted molar refractivity (Wildman–Crippen MR) is 89.1 cm³/mol. The Bertz CT molecular complexity index is 641. The predicted octanol–water partition coefficient (Wildman–Crippen LogP) is 2.99. The number of aromatic nitrogens is 1. The molecule has 0 fully saturated rings. The zero-order valence-corrected chi connectivity index (χ0v) is 14.3. The van der Waals surface area contributed by atoms with E-state index in [0.29, 0.717) is 6.54 Å². The minimum absolute atomic E-state index is 0.0512. The highest BCUT2D eigenvalue weighted by Gasteiger charge is 2.20. The maximum absolute atomic E-state index is 12.4. The van der Waals surface area contributed by atoms with Crippen LogP contribution in [0.3, 0.4) is 0 Å². The molecular formula is C17H22N2O2S. The number of carbonyl (C=O) groups is 1. The number of hydrogen-bond acceptors (Lipinski definition) is 3. The molecule has 4 nitrogen and oxygen atoms in total. The zero-order valence-electron chi connectivity index (χ0n) is 13.5. The van der Waals surface area contributed by atoms with E-state index in [1.54, 1.807) is 28.4 Å². The van der Waals surface area contributed by atoms with Crippen LogP contribution in [0.15, 0.2) is 36.7 Å². The van der Waals surface area contributed by atoms with Crippen LogP contribution in [-0.2, 0) is 11.8 Å². The Balaban J connectivity index is 1.97. The van der Waals surface area contributed by atoms with E-state index in [1.165, 1.54) is 17.3 Å². The molecule has 2 rings (SSSR count). The summed E-state index contributed by atoms with van der Waals surface area (Å²) in [6, 6.07) is 7.52. The molecule has 2 heterocycles. The lowest BCUT2D eigenvalue weighted by molar-refractivity contribution is -0.605. The van der Waals surface area contributed by atoms with Crippen LogP contribution in [0.1, 0.15) is 40.9 Å². The Morgan fingerprint density at radius 1 is 1.23 bits per heavy atom. The molecule has 0 spiro atoms. The molecule has 0 aliphatic rings. The molecule has 5 heteroatoms. The lowest BCUT2D eigenvalue weighted by atomic mass is 9.95. The van der Waals surface area contributed by atoms with Crippen molar-refractivity contribution in [3.8, 4) is 0 Å². The van der Waals surface area contributed by atoms with Crippen LogP contribution in [-0.4, -0.2) is 24.4 Å². The summed E-state index contributed by atoms with van der Waals surface area (Å²) in [4.78, 5) is 16.2. The minimum atomic E-state index is 0.0512. The molecule has 0 aromatic carbocycles. The van der Waals surface area contributed by atoms with Crippen LogP contribution in [0, 0.1) is 5.21 Å². The lowest BCUT2D eigenvalue weighted by Crippen LogP contribution is -2.28. The Kier molecular flexibility index (Phi) is 4.86. The summed E-state index contributed by atoms with van der Waals surface area (Å²) < 4.78 is 0.762. The number of amides is 1. The molecule has 1 amide bonds. The van der Waals surface area contributed by atoms with Crippen LogP contribution in [0.5, 0.6) is 0 Å². The molecule has 118 valence electrons. The highest BCUT2D eigenvalue weighted by Crippen LogP contribution is 2.29. The maximum Gasteiger partial charge on any atom is 0.263 e. The van der Waals surface area contributed by atoms with E-state index in [2.05, 4.69) is 20.8 Å². The van der Waals surface area contributed by atoms with Gasteiger partial charge < -0.3 is 10.1 Å². The van der Waals surface area contributed by atoms with Crippen molar-refractivity contribution in [2.75, 3.05) is 13.6 Å². The fourth-order valence-electron chi connectivity index (χ4n) is 2.05. The molecule has 0 radical (unpaired) electrons. The van der Waals surface area contributed by atoms with Crippen molar-refractivity contribution >= 4 is 17.2 Å². The van der Waals surface area contributed by atoms with Crippen LogP contribution in [0.2, 0.25) is 0 Å². The summed E-state index contributed by atoms with van der Waals surface area (Å²) in [5.41, 5.74) is 1.12. The largest absolute Gasteiger partial charge is 0.619 e. The lowest BCUT2D eigenvalue weighted by Gasteiger charge is -2.17. The summed E-state index contributed by atoms with van der Waals surface area (Å²) in [7, 11) is 1.82. The topological polar surface area (TPSA) is 47.2 Å². The zero-order chi connectivity index (χ0) is 16.3. The average Bonchev–Trinajstić information content (AvgIpc) is 2.95. The minimum Gasteiger partial charge on any atom is -0.619 e. The fraction of sp³-hybridized carbons (Fsp3) is 0.412. The Hall–Kier alpha value is -1.88. The number of carbonyl (C=O) groups excluding carboxylic acids is 1. The van der Waals surface area contributed by atoms with Crippen molar-refractivity contribution in [2.45, 2.75) is 32.6 Å². The molecule has 0 saturated heterocycles. The molecule has 0 bridgehead atoms. The van der Waals surface area contributed by atoms with Crippen molar-refractivity contribution in [2.24, 2.45) is 0 Å². The molecule has 2 aromatic rings. The third kappa shape index (κ3) is 4.07. The first-order chi connectivity index (χ1) is 10.3. The van der Waals surface area contributed by atoms with E-state index in [-0.39, 0.29) is 11.3 Å². The van der Waals surface area contributed by atoms with Gasteiger partial charge in [-0.3, -0.25) is 4.79 Å². The van der Waals surface area contributed by atoms with Gasteiger partial charge in [0, 0.05) is 30.6 Å². The molecule has 0 N–H and O–H groups in total. The van der Waals surface area contributed by atoms with E-state index in [1.807, 2.05) is 19.2 Å². The highest BCUT2D eigenvalue weighted by molar-refractivity contribution is 7.14. The van der Waals surface area contributed by atoms with Gasteiger partial charge in [0.1, 0.15) is 0 Å². The molecule has 0 aliphatic heterocycles. The van der Waals surface area contributed by atoms with Gasteiger partial charge >= 0.3 is 0 Å². The Morgan fingerprint density at radius 3 is 2.41 bits per heavy atom. The first-order valence-electron chi connectivity index (χ1n) is 7.31.